The molecule has 0 radical (unpaired) electrons. The minimum Gasteiger partial charge on any atom is -0.426 e. The van der Waals surface area contributed by atoms with Crippen LogP contribution in [0.4, 0.5) is 0 Å². The molecule has 0 bridgehead atoms. The highest BCUT2D eigenvalue weighted by molar-refractivity contribution is 6.43. The molecule has 1 aromatic carbocycles. The largest absolute Gasteiger partial charge is 0.475 e. The number of nitrogens with one attached hydrogen (secondary N) is 4. The molecule has 42 heavy (non-hydrogen) atoms. The molecule has 0 saturated heterocycles. The van der Waals surface area contributed by atoms with Gasteiger partial charge in [-0.05, 0) is 44.1 Å². The number of allylic oxidation sites excluding steroid dienone is 1. The summed E-state index contributed by atoms with van der Waals surface area (Å²) in [7, 11) is -1.88. The predicted octanol–water partition coefficient (Wildman–Crippen LogP) is 0.125. The summed E-state index contributed by atoms with van der Waals surface area (Å²) in [6, 6.07) is 8.29. The predicted molar refractivity (Wildman–Crippen MR) is 158 cm³/mol. The fourth-order valence-corrected chi connectivity index (χ4v) is 3.91. The molecule has 4 atom stereocenters. The molecule has 0 aliphatic rings. The van der Waals surface area contributed by atoms with E-state index in [4.69, 9.17) is 0 Å². The molecule has 1 rings (SSSR count). The second kappa shape index (κ2) is 18.7. The van der Waals surface area contributed by atoms with Crippen LogP contribution < -0.4 is 21.3 Å². The average Bonchev–Trinajstić information content (AvgIpc) is 2.92. The summed E-state index contributed by atoms with van der Waals surface area (Å²) in [5.41, 5.74) is 0.759. The Balaban J connectivity index is 2.99. The molecule has 7 N–H and O–H groups in total. The van der Waals surface area contributed by atoms with Crippen molar-refractivity contribution in [2.45, 2.75) is 84.4 Å². The third-order valence-corrected chi connectivity index (χ3v) is 6.28. The summed E-state index contributed by atoms with van der Waals surface area (Å²) < 4.78 is 0. The van der Waals surface area contributed by atoms with Crippen molar-refractivity contribution in [2.24, 2.45) is 11.8 Å². The lowest BCUT2D eigenvalue weighted by molar-refractivity contribution is -0.135. The van der Waals surface area contributed by atoms with E-state index in [2.05, 4.69) is 21.3 Å². The molecule has 12 nitrogen and oxygen atoms in total. The van der Waals surface area contributed by atoms with Gasteiger partial charge in [-0.15, -0.1) is 0 Å². The van der Waals surface area contributed by atoms with Crippen LogP contribution in [-0.2, 0) is 25.6 Å². The number of hydrogen-bond acceptors (Lipinski definition) is 8. The van der Waals surface area contributed by atoms with Crippen LogP contribution in [0.25, 0.3) is 0 Å². The molecule has 0 fully saturated rings. The molecule has 0 aliphatic carbocycles. The quantitative estimate of drug-likeness (QED) is 0.0578. The molecule has 0 saturated carbocycles. The minimum atomic E-state index is -1.88. The van der Waals surface area contributed by atoms with Crippen molar-refractivity contribution in [3.63, 3.8) is 0 Å². The van der Waals surface area contributed by atoms with Gasteiger partial charge < -0.3 is 36.4 Å². The summed E-state index contributed by atoms with van der Waals surface area (Å²) in [4.78, 5) is 50.8. The van der Waals surface area contributed by atoms with Crippen molar-refractivity contribution in [3.05, 3.63) is 47.5 Å². The van der Waals surface area contributed by atoms with Crippen molar-refractivity contribution in [1.82, 2.24) is 21.3 Å². The zero-order valence-corrected chi connectivity index (χ0v) is 25.0. The molecule has 1 aromatic rings. The van der Waals surface area contributed by atoms with Gasteiger partial charge in [-0.25, -0.2) is 0 Å². The van der Waals surface area contributed by atoms with E-state index >= 15 is 0 Å². The maximum absolute atomic E-state index is 13.3. The highest BCUT2D eigenvalue weighted by Crippen LogP contribution is 2.09. The summed E-state index contributed by atoms with van der Waals surface area (Å²) >= 11 is 0. The molecule has 4 amide bonds. The van der Waals surface area contributed by atoms with Crippen molar-refractivity contribution in [3.8, 4) is 6.07 Å². The first-order chi connectivity index (χ1) is 19.8. The number of nitriles is 1. The summed E-state index contributed by atoms with van der Waals surface area (Å²) in [6.07, 6.45) is 1.28. The first-order valence-electron chi connectivity index (χ1n) is 14.2. The Bertz CT molecular complexity index is 1100. The van der Waals surface area contributed by atoms with Gasteiger partial charge in [-0.2, -0.15) is 5.26 Å². The number of rotatable bonds is 17. The van der Waals surface area contributed by atoms with Gasteiger partial charge in [0, 0.05) is 12.5 Å². The Morgan fingerprint density at radius 3 is 2.10 bits per heavy atom. The van der Waals surface area contributed by atoms with Gasteiger partial charge in [0.05, 0.1) is 12.0 Å². The third-order valence-electron chi connectivity index (χ3n) is 6.28. The topological polar surface area (TPSA) is 201 Å². The fourth-order valence-electron chi connectivity index (χ4n) is 3.91. The Morgan fingerprint density at radius 2 is 1.57 bits per heavy atom. The standard InChI is InChI=1S/C29H44BN5O7/c1-18(2)15-22(17-31)27(38)32-14-10-9-13-23(33-29(40)25(20(5)36)35-26(37)19(3)4)28(39)34-24(30(41)42)16-21-11-7-6-8-12-21/h6-8,11-12,15,18-20,23-25,36,41-42H,9-10,13-14,16H2,1-5H3,(H,32,38)(H,33,40)(H,34,39)(H,35,37)/t20-,23+,24+,25+/m1/s1. The van der Waals surface area contributed by atoms with Crippen LogP contribution in [0.1, 0.15) is 59.4 Å². The zero-order chi connectivity index (χ0) is 31.8. The number of benzene rings is 1. The number of nitrogens with zero attached hydrogens (tertiary/aromatic N) is 1. The van der Waals surface area contributed by atoms with Gasteiger partial charge in [0.1, 0.15) is 23.7 Å². The van der Waals surface area contributed by atoms with Crippen molar-refractivity contribution in [2.75, 3.05) is 6.54 Å². The summed E-state index contributed by atoms with van der Waals surface area (Å²) in [5, 5.41) is 49.5. The smallest absolute Gasteiger partial charge is 0.426 e. The van der Waals surface area contributed by atoms with E-state index in [9.17, 15) is 39.6 Å². The minimum absolute atomic E-state index is 0.00847. The maximum atomic E-state index is 13.3. The van der Waals surface area contributed by atoms with Gasteiger partial charge in [0.25, 0.3) is 5.91 Å². The van der Waals surface area contributed by atoms with Crippen molar-refractivity contribution >= 4 is 30.7 Å². The highest BCUT2D eigenvalue weighted by Gasteiger charge is 2.33. The Hall–Kier alpha value is -3.73. The normalized spacial score (nSPS) is 14.3. The second-order valence-electron chi connectivity index (χ2n) is 10.8. The number of unbranched alkanes of at least 4 members (excludes halogenated alkanes) is 1. The Labute approximate surface area is 248 Å². The SMILES string of the molecule is CC(C)C=C(C#N)C(=O)NCCCC[C@H](NC(=O)[C@@H](NC(=O)C(C)C)[C@@H](C)O)C(=O)N[C@@H](Cc1ccccc1)B(O)O. The fraction of sp³-hybridized carbons (Fsp3) is 0.552. The molecule has 230 valence electrons. The number of hydrogen-bond donors (Lipinski definition) is 7. The summed E-state index contributed by atoms with van der Waals surface area (Å²) in [5.74, 6) is -3.94. The van der Waals surface area contributed by atoms with E-state index in [1.165, 1.54) is 6.92 Å². The highest BCUT2D eigenvalue weighted by atomic mass is 16.4. The maximum Gasteiger partial charge on any atom is 0.475 e. The van der Waals surface area contributed by atoms with Crippen LogP contribution in [0.2, 0.25) is 0 Å². The molecule has 0 heterocycles. The van der Waals surface area contributed by atoms with E-state index in [-0.39, 0.29) is 30.9 Å². The van der Waals surface area contributed by atoms with E-state index < -0.39 is 60.8 Å². The lowest BCUT2D eigenvalue weighted by Crippen LogP contribution is -2.59. The van der Waals surface area contributed by atoms with Gasteiger partial charge in [-0.1, -0.05) is 64.1 Å². The van der Waals surface area contributed by atoms with E-state index in [1.807, 2.05) is 19.9 Å². The van der Waals surface area contributed by atoms with Gasteiger partial charge in [0.15, 0.2) is 0 Å². The summed E-state index contributed by atoms with van der Waals surface area (Å²) in [6.45, 7) is 8.51. The molecular weight excluding hydrogens is 541 g/mol. The Kier molecular flexibility index (Phi) is 16.1. The third kappa shape index (κ3) is 13.3. The van der Waals surface area contributed by atoms with Gasteiger partial charge >= 0.3 is 7.12 Å². The first-order valence-corrected chi connectivity index (χ1v) is 14.2. The van der Waals surface area contributed by atoms with Crippen LogP contribution in [0, 0.1) is 23.2 Å². The van der Waals surface area contributed by atoms with Crippen molar-refractivity contribution < 1.29 is 34.3 Å². The molecular formula is C29H44BN5O7. The van der Waals surface area contributed by atoms with E-state index in [1.54, 1.807) is 50.3 Å². The van der Waals surface area contributed by atoms with Crippen LogP contribution in [0.15, 0.2) is 42.0 Å². The van der Waals surface area contributed by atoms with Gasteiger partial charge in [0.2, 0.25) is 17.7 Å². The average molecular weight is 586 g/mol. The monoisotopic (exact) mass is 585 g/mol. The number of carbonyl (C=O) groups excluding carboxylic acids is 4. The molecule has 0 aliphatic heterocycles. The van der Waals surface area contributed by atoms with Crippen LogP contribution in [0.3, 0.4) is 0 Å². The molecule has 0 unspecified atom stereocenters. The Morgan fingerprint density at radius 1 is 0.929 bits per heavy atom. The van der Waals surface area contributed by atoms with Crippen molar-refractivity contribution in [1.29, 1.82) is 5.26 Å². The first kappa shape index (κ1) is 36.3. The molecule has 0 aromatic heterocycles. The number of amides is 4. The van der Waals surface area contributed by atoms with Crippen LogP contribution >= 0.6 is 0 Å². The molecule has 13 heteroatoms. The van der Waals surface area contributed by atoms with Crippen LogP contribution in [0.5, 0.6) is 0 Å². The lowest BCUT2D eigenvalue weighted by Gasteiger charge is -2.27. The van der Waals surface area contributed by atoms with E-state index in [0.29, 0.717) is 12.8 Å². The van der Waals surface area contributed by atoms with E-state index in [0.717, 1.165) is 5.56 Å². The van der Waals surface area contributed by atoms with Gasteiger partial charge in [-0.3, -0.25) is 19.2 Å². The van der Waals surface area contributed by atoms with Crippen LogP contribution in [-0.4, -0.2) is 76.6 Å². The molecule has 0 spiro atoms. The number of carbonyl (C=O) groups is 4. The second-order valence-corrected chi connectivity index (χ2v) is 10.8. The number of aliphatic hydroxyl groups excluding tert-OH is 1. The lowest BCUT2D eigenvalue weighted by atomic mass is 9.75. The number of aliphatic hydroxyl groups is 1. The zero-order valence-electron chi connectivity index (χ0n) is 25.0.